The maximum Gasteiger partial charge on any atom is 0.274 e. The molecule has 1 rings (SSSR count). The number of hydrogen-bond donors (Lipinski definition) is 3. The molecule has 7 heteroatoms. The lowest BCUT2D eigenvalue weighted by atomic mass is 10.3. The molecule has 13 heavy (non-hydrogen) atoms. The van der Waals surface area contributed by atoms with Crippen LogP contribution in [-0.2, 0) is 4.79 Å². The van der Waals surface area contributed by atoms with Gasteiger partial charge in [-0.05, 0) is 6.92 Å². The van der Waals surface area contributed by atoms with E-state index < -0.39 is 11.8 Å². The van der Waals surface area contributed by atoms with Gasteiger partial charge in [-0.2, -0.15) is 15.4 Å². The van der Waals surface area contributed by atoms with Crippen LogP contribution in [0.15, 0.2) is 0 Å². The van der Waals surface area contributed by atoms with Crippen molar-refractivity contribution in [1.82, 2.24) is 20.7 Å². The standard InChI is InChI=1S/C6H9N5O2/c1-3-5(10-11-9-3)6(13)8-2-4(7)12/h2H2,1H3,(H2,7,12)(H,8,13)(H,9,10,11). The average molecular weight is 183 g/mol. The number of aryl methyl sites for hydroxylation is 1. The van der Waals surface area contributed by atoms with Crippen molar-refractivity contribution in [2.75, 3.05) is 6.54 Å². The van der Waals surface area contributed by atoms with Crippen LogP contribution in [0.3, 0.4) is 0 Å². The SMILES string of the molecule is Cc1n[nH]nc1C(=O)NCC(N)=O. The van der Waals surface area contributed by atoms with Gasteiger partial charge in [-0.3, -0.25) is 9.59 Å². The van der Waals surface area contributed by atoms with E-state index in [-0.39, 0.29) is 12.2 Å². The minimum Gasteiger partial charge on any atom is -0.368 e. The second-order valence-electron chi connectivity index (χ2n) is 2.41. The molecule has 7 nitrogen and oxygen atoms in total. The van der Waals surface area contributed by atoms with E-state index in [0.29, 0.717) is 5.69 Å². The zero-order chi connectivity index (χ0) is 9.84. The Kier molecular flexibility index (Phi) is 2.58. The van der Waals surface area contributed by atoms with Gasteiger partial charge in [-0.25, -0.2) is 0 Å². The Hall–Kier alpha value is -1.92. The molecule has 0 aliphatic heterocycles. The Labute approximate surface area is 73.7 Å². The highest BCUT2D eigenvalue weighted by Gasteiger charge is 2.12. The molecule has 4 N–H and O–H groups in total. The molecule has 0 saturated carbocycles. The smallest absolute Gasteiger partial charge is 0.274 e. The van der Waals surface area contributed by atoms with Crippen molar-refractivity contribution < 1.29 is 9.59 Å². The number of primary amides is 1. The second kappa shape index (κ2) is 3.65. The first-order chi connectivity index (χ1) is 6.11. The number of nitrogens with zero attached hydrogens (tertiary/aromatic N) is 2. The third kappa shape index (κ3) is 2.26. The van der Waals surface area contributed by atoms with E-state index in [9.17, 15) is 9.59 Å². The number of nitrogens with one attached hydrogen (secondary N) is 2. The summed E-state index contributed by atoms with van der Waals surface area (Å²) < 4.78 is 0. The third-order valence-corrected chi connectivity index (χ3v) is 1.36. The Morgan fingerprint density at radius 3 is 2.69 bits per heavy atom. The molecule has 0 atom stereocenters. The van der Waals surface area contributed by atoms with Crippen LogP contribution in [0.25, 0.3) is 0 Å². The number of nitrogens with two attached hydrogens (primary N) is 1. The maximum atomic E-state index is 11.2. The van der Waals surface area contributed by atoms with Crippen LogP contribution >= 0.6 is 0 Å². The molecule has 1 aromatic heterocycles. The summed E-state index contributed by atoms with van der Waals surface area (Å²) in [6, 6.07) is 0. The van der Waals surface area contributed by atoms with Crippen LogP contribution < -0.4 is 11.1 Å². The Morgan fingerprint density at radius 2 is 2.23 bits per heavy atom. The molecule has 0 saturated heterocycles. The second-order valence-corrected chi connectivity index (χ2v) is 2.41. The number of carbonyl (C=O) groups excluding carboxylic acids is 2. The van der Waals surface area contributed by atoms with Crippen LogP contribution in [0, 0.1) is 6.92 Å². The van der Waals surface area contributed by atoms with E-state index in [4.69, 9.17) is 5.73 Å². The van der Waals surface area contributed by atoms with Crippen molar-refractivity contribution in [3.63, 3.8) is 0 Å². The normalized spacial score (nSPS) is 9.62. The third-order valence-electron chi connectivity index (χ3n) is 1.36. The van der Waals surface area contributed by atoms with Crippen molar-refractivity contribution in [1.29, 1.82) is 0 Å². The van der Waals surface area contributed by atoms with Crippen molar-refractivity contribution in [3.05, 3.63) is 11.4 Å². The van der Waals surface area contributed by atoms with Gasteiger partial charge in [0.1, 0.15) is 0 Å². The summed E-state index contributed by atoms with van der Waals surface area (Å²) in [5.41, 5.74) is 5.48. The lowest BCUT2D eigenvalue weighted by molar-refractivity contribution is -0.117. The first kappa shape index (κ1) is 9.17. The fourth-order valence-electron chi connectivity index (χ4n) is 0.750. The summed E-state index contributed by atoms with van der Waals surface area (Å²) in [6.45, 7) is 1.42. The average Bonchev–Trinajstić information content (AvgIpc) is 2.47. The summed E-state index contributed by atoms with van der Waals surface area (Å²) >= 11 is 0. The maximum absolute atomic E-state index is 11.2. The first-order valence-electron chi connectivity index (χ1n) is 3.55. The fraction of sp³-hybridized carbons (Fsp3) is 0.333. The molecular weight excluding hydrogens is 174 g/mol. The van der Waals surface area contributed by atoms with E-state index >= 15 is 0 Å². The molecule has 1 aromatic rings. The molecule has 70 valence electrons. The van der Waals surface area contributed by atoms with E-state index in [2.05, 4.69) is 20.7 Å². The van der Waals surface area contributed by atoms with Crippen molar-refractivity contribution in [2.45, 2.75) is 6.92 Å². The molecule has 0 bridgehead atoms. The minimum atomic E-state index is -0.602. The van der Waals surface area contributed by atoms with Crippen LogP contribution in [-0.4, -0.2) is 33.8 Å². The fourth-order valence-corrected chi connectivity index (χ4v) is 0.750. The quantitative estimate of drug-likeness (QED) is 0.519. The highest BCUT2D eigenvalue weighted by molar-refractivity contribution is 5.95. The summed E-state index contributed by atoms with van der Waals surface area (Å²) in [4.78, 5) is 21.5. The minimum absolute atomic E-state index is 0.168. The van der Waals surface area contributed by atoms with Gasteiger partial charge in [-0.1, -0.05) is 0 Å². The summed E-state index contributed by atoms with van der Waals surface area (Å²) in [6.07, 6.45) is 0. The Balaban J connectivity index is 2.59. The van der Waals surface area contributed by atoms with Gasteiger partial charge < -0.3 is 11.1 Å². The number of hydrogen-bond acceptors (Lipinski definition) is 4. The summed E-state index contributed by atoms with van der Waals surface area (Å²) in [5, 5.41) is 11.8. The number of amides is 2. The molecule has 0 aliphatic rings. The van der Waals surface area contributed by atoms with Gasteiger partial charge in [-0.15, -0.1) is 0 Å². The number of aromatic nitrogens is 3. The zero-order valence-corrected chi connectivity index (χ0v) is 7.00. The molecule has 0 fully saturated rings. The van der Waals surface area contributed by atoms with Crippen molar-refractivity contribution >= 4 is 11.8 Å². The van der Waals surface area contributed by atoms with Gasteiger partial charge in [0.15, 0.2) is 5.69 Å². The number of rotatable bonds is 3. The van der Waals surface area contributed by atoms with Gasteiger partial charge in [0.2, 0.25) is 5.91 Å². The van der Waals surface area contributed by atoms with Gasteiger partial charge in [0, 0.05) is 0 Å². The van der Waals surface area contributed by atoms with E-state index in [1.165, 1.54) is 0 Å². The predicted molar refractivity (Wildman–Crippen MR) is 42.6 cm³/mol. The summed E-state index contributed by atoms with van der Waals surface area (Å²) in [5.74, 6) is -1.07. The highest BCUT2D eigenvalue weighted by atomic mass is 16.2. The van der Waals surface area contributed by atoms with Gasteiger partial charge >= 0.3 is 0 Å². The zero-order valence-electron chi connectivity index (χ0n) is 7.00. The van der Waals surface area contributed by atoms with E-state index in [0.717, 1.165) is 0 Å². The first-order valence-corrected chi connectivity index (χ1v) is 3.55. The molecular formula is C6H9N5O2. The largest absolute Gasteiger partial charge is 0.368 e. The van der Waals surface area contributed by atoms with Crippen LogP contribution in [0.1, 0.15) is 16.2 Å². The molecule has 0 unspecified atom stereocenters. The highest BCUT2D eigenvalue weighted by Crippen LogP contribution is 1.96. The number of H-pyrrole nitrogens is 1. The summed E-state index contributed by atoms with van der Waals surface area (Å²) in [7, 11) is 0. The Bertz CT molecular complexity index is 332. The predicted octanol–water partition coefficient (Wildman–Crippen LogP) is -1.67. The molecule has 0 aromatic carbocycles. The monoisotopic (exact) mass is 183 g/mol. The molecule has 0 radical (unpaired) electrons. The van der Waals surface area contributed by atoms with Crippen molar-refractivity contribution in [2.24, 2.45) is 5.73 Å². The molecule has 0 aliphatic carbocycles. The van der Waals surface area contributed by atoms with Crippen molar-refractivity contribution in [3.8, 4) is 0 Å². The van der Waals surface area contributed by atoms with Crippen LogP contribution in [0.4, 0.5) is 0 Å². The Morgan fingerprint density at radius 1 is 1.54 bits per heavy atom. The lowest BCUT2D eigenvalue weighted by Crippen LogP contribution is -2.33. The molecule has 1 heterocycles. The number of carbonyl (C=O) groups is 2. The van der Waals surface area contributed by atoms with Gasteiger partial charge in [0.05, 0.1) is 12.2 Å². The van der Waals surface area contributed by atoms with Gasteiger partial charge in [0.25, 0.3) is 5.91 Å². The van der Waals surface area contributed by atoms with Crippen LogP contribution in [0.5, 0.6) is 0 Å². The van der Waals surface area contributed by atoms with Crippen LogP contribution in [0.2, 0.25) is 0 Å². The number of aromatic amines is 1. The lowest BCUT2D eigenvalue weighted by Gasteiger charge is -1.98. The molecule has 2 amide bonds. The topological polar surface area (TPSA) is 114 Å². The van der Waals surface area contributed by atoms with E-state index in [1.54, 1.807) is 6.92 Å². The van der Waals surface area contributed by atoms with E-state index in [1.807, 2.05) is 0 Å². The molecule has 0 spiro atoms.